The molecule has 0 aliphatic carbocycles. The number of carboxylic acid groups (broad SMARTS) is 1. The number of aliphatic hydroxyl groups is 1. The lowest BCUT2D eigenvalue weighted by atomic mass is 9.79. The molecule has 3 atom stereocenters. The predicted molar refractivity (Wildman–Crippen MR) is 134 cm³/mol. The van der Waals surface area contributed by atoms with Crippen LogP contribution in [0.15, 0.2) is 41.9 Å². The number of piperidine rings is 1. The van der Waals surface area contributed by atoms with Crippen LogP contribution in [-0.4, -0.2) is 52.8 Å². The fraction of sp³-hybridized carbons (Fsp3) is 0.407. The van der Waals surface area contributed by atoms with E-state index in [4.69, 9.17) is 4.74 Å². The highest BCUT2D eigenvalue weighted by atomic mass is 32.1. The first-order valence-electron chi connectivity index (χ1n) is 11.7. The lowest BCUT2D eigenvalue weighted by molar-refractivity contribution is -0.139. The molecule has 3 aromatic rings. The van der Waals surface area contributed by atoms with Gasteiger partial charge in [0.05, 0.1) is 36.3 Å². The van der Waals surface area contributed by atoms with Crippen LogP contribution in [0.2, 0.25) is 0 Å². The fourth-order valence-electron chi connectivity index (χ4n) is 4.87. The lowest BCUT2D eigenvalue weighted by Gasteiger charge is -2.37. The molecule has 8 heteroatoms. The SMILES string of the molecule is COc1ccc2ncc(F)c(C(O)CCC3CCN(CC#Cc4cccs4)CC3CC(=O)O)c2c1. The van der Waals surface area contributed by atoms with Gasteiger partial charge in [0.2, 0.25) is 0 Å². The van der Waals surface area contributed by atoms with E-state index in [0.717, 1.165) is 24.0 Å². The molecule has 35 heavy (non-hydrogen) atoms. The summed E-state index contributed by atoms with van der Waals surface area (Å²) in [6.45, 7) is 2.06. The number of halogens is 1. The number of aliphatic hydroxyl groups excluding tert-OH is 1. The van der Waals surface area contributed by atoms with Gasteiger partial charge in [-0.3, -0.25) is 14.7 Å². The first-order valence-corrected chi connectivity index (χ1v) is 12.6. The topological polar surface area (TPSA) is 82.9 Å². The van der Waals surface area contributed by atoms with Crippen LogP contribution in [-0.2, 0) is 4.79 Å². The summed E-state index contributed by atoms with van der Waals surface area (Å²) in [6, 6.07) is 9.12. The number of nitrogens with zero attached hydrogens (tertiary/aromatic N) is 2. The van der Waals surface area contributed by atoms with Gasteiger partial charge < -0.3 is 14.9 Å². The Kier molecular flexibility index (Phi) is 8.34. The van der Waals surface area contributed by atoms with E-state index in [1.165, 1.54) is 7.11 Å². The first-order chi connectivity index (χ1) is 16.9. The molecule has 1 saturated heterocycles. The summed E-state index contributed by atoms with van der Waals surface area (Å²) in [5.74, 6) is 5.61. The number of ether oxygens (including phenoxy) is 1. The molecule has 1 aromatic carbocycles. The highest BCUT2D eigenvalue weighted by Crippen LogP contribution is 2.35. The van der Waals surface area contributed by atoms with Crippen LogP contribution in [0.4, 0.5) is 4.39 Å². The van der Waals surface area contributed by atoms with E-state index in [1.807, 2.05) is 17.5 Å². The Bertz CT molecular complexity index is 1220. The maximum atomic E-state index is 14.7. The van der Waals surface area contributed by atoms with E-state index >= 15 is 0 Å². The highest BCUT2D eigenvalue weighted by Gasteiger charge is 2.31. The monoisotopic (exact) mass is 496 g/mol. The number of aliphatic carboxylic acids is 1. The van der Waals surface area contributed by atoms with Crippen molar-refractivity contribution in [2.75, 3.05) is 26.7 Å². The number of hydrogen-bond acceptors (Lipinski definition) is 6. The molecule has 0 radical (unpaired) electrons. The molecule has 1 aliphatic heterocycles. The molecule has 0 spiro atoms. The van der Waals surface area contributed by atoms with Gasteiger partial charge in [-0.2, -0.15) is 0 Å². The van der Waals surface area contributed by atoms with E-state index in [9.17, 15) is 19.4 Å². The lowest BCUT2D eigenvalue weighted by Crippen LogP contribution is -2.41. The highest BCUT2D eigenvalue weighted by molar-refractivity contribution is 7.10. The Morgan fingerprint density at radius 1 is 1.37 bits per heavy atom. The van der Waals surface area contributed by atoms with Crippen LogP contribution in [0.3, 0.4) is 0 Å². The van der Waals surface area contributed by atoms with Crippen molar-refractivity contribution in [3.05, 3.63) is 58.2 Å². The Hall–Kier alpha value is -2.99. The number of aromatic nitrogens is 1. The average Bonchev–Trinajstić information content (AvgIpc) is 3.36. The molecular weight excluding hydrogens is 467 g/mol. The van der Waals surface area contributed by atoms with Crippen molar-refractivity contribution < 1.29 is 24.1 Å². The Morgan fingerprint density at radius 2 is 2.23 bits per heavy atom. The van der Waals surface area contributed by atoms with Gasteiger partial charge in [-0.05, 0) is 67.3 Å². The van der Waals surface area contributed by atoms with Crippen molar-refractivity contribution in [3.63, 3.8) is 0 Å². The minimum absolute atomic E-state index is 0.0453. The summed E-state index contributed by atoms with van der Waals surface area (Å²) < 4.78 is 20.0. The van der Waals surface area contributed by atoms with E-state index in [1.54, 1.807) is 29.5 Å². The van der Waals surface area contributed by atoms with E-state index in [2.05, 4.69) is 21.7 Å². The molecule has 184 valence electrons. The molecule has 0 bridgehead atoms. The largest absolute Gasteiger partial charge is 0.497 e. The van der Waals surface area contributed by atoms with Crippen LogP contribution in [0.5, 0.6) is 5.75 Å². The van der Waals surface area contributed by atoms with Crippen LogP contribution in [0.25, 0.3) is 10.9 Å². The van der Waals surface area contributed by atoms with Crippen molar-refractivity contribution in [2.45, 2.75) is 31.8 Å². The predicted octanol–water partition coefficient (Wildman–Crippen LogP) is 4.72. The summed E-state index contributed by atoms with van der Waals surface area (Å²) >= 11 is 1.60. The quantitative estimate of drug-likeness (QED) is 0.439. The zero-order valence-corrected chi connectivity index (χ0v) is 20.4. The average molecular weight is 497 g/mol. The number of hydrogen-bond donors (Lipinski definition) is 2. The van der Waals surface area contributed by atoms with Gasteiger partial charge in [-0.25, -0.2) is 4.39 Å². The second-order valence-electron chi connectivity index (χ2n) is 8.92. The van der Waals surface area contributed by atoms with Gasteiger partial charge in [0.1, 0.15) is 11.6 Å². The standard InChI is InChI=1S/C27H29FN2O4S/c1-34-20-7-8-24-22(15-20)27(23(28)16-29-24)25(31)9-6-18-10-12-30(17-19(18)14-26(32)33)11-2-4-21-5-3-13-35-21/h3,5,7-8,13,15-16,18-19,25,31H,6,9-12,14,17H2,1H3,(H,32,33). The zero-order valence-electron chi connectivity index (χ0n) is 19.6. The molecule has 1 fully saturated rings. The Morgan fingerprint density at radius 3 is 2.97 bits per heavy atom. The van der Waals surface area contributed by atoms with Gasteiger partial charge in [0.15, 0.2) is 0 Å². The molecule has 1 aliphatic rings. The number of thiophene rings is 1. The molecule has 0 saturated carbocycles. The number of methoxy groups -OCH3 is 1. The number of pyridine rings is 1. The molecule has 3 unspecified atom stereocenters. The molecule has 4 rings (SSSR count). The molecule has 6 nitrogen and oxygen atoms in total. The minimum Gasteiger partial charge on any atom is -0.497 e. The molecule has 0 amide bonds. The van der Waals surface area contributed by atoms with Crippen LogP contribution < -0.4 is 4.74 Å². The van der Waals surface area contributed by atoms with Crippen molar-refractivity contribution in [2.24, 2.45) is 11.8 Å². The summed E-state index contributed by atoms with van der Waals surface area (Å²) in [4.78, 5) is 18.9. The van der Waals surface area contributed by atoms with Crippen molar-refractivity contribution >= 4 is 28.2 Å². The third kappa shape index (κ3) is 6.37. The minimum atomic E-state index is -1.02. The maximum Gasteiger partial charge on any atom is 0.303 e. The van der Waals surface area contributed by atoms with Gasteiger partial charge in [-0.1, -0.05) is 17.9 Å². The van der Waals surface area contributed by atoms with Gasteiger partial charge in [0, 0.05) is 23.9 Å². The second kappa shape index (κ2) is 11.6. The van der Waals surface area contributed by atoms with E-state index in [-0.39, 0.29) is 23.8 Å². The van der Waals surface area contributed by atoms with Crippen molar-refractivity contribution in [1.82, 2.24) is 9.88 Å². The molecule has 2 aromatic heterocycles. The van der Waals surface area contributed by atoms with Crippen LogP contribution >= 0.6 is 11.3 Å². The first kappa shape index (κ1) is 25.1. The maximum absolute atomic E-state index is 14.7. The van der Waals surface area contributed by atoms with Crippen molar-refractivity contribution in [1.29, 1.82) is 0 Å². The summed E-state index contributed by atoms with van der Waals surface area (Å²) in [5, 5.41) is 23.0. The molecule has 3 heterocycles. The second-order valence-corrected chi connectivity index (χ2v) is 9.86. The van der Waals surface area contributed by atoms with Gasteiger partial charge in [-0.15, -0.1) is 11.3 Å². The number of likely N-dealkylation sites (tertiary alicyclic amines) is 1. The normalized spacial score (nSPS) is 19.2. The Balaban J connectivity index is 1.42. The van der Waals surface area contributed by atoms with E-state index < -0.39 is 17.9 Å². The third-order valence-corrected chi connectivity index (χ3v) is 7.45. The number of carboxylic acids is 1. The number of rotatable bonds is 8. The third-order valence-electron chi connectivity index (χ3n) is 6.66. The van der Waals surface area contributed by atoms with Gasteiger partial charge in [0.25, 0.3) is 0 Å². The van der Waals surface area contributed by atoms with Crippen LogP contribution in [0.1, 0.15) is 42.2 Å². The summed E-state index contributed by atoms with van der Waals surface area (Å²) in [6.07, 6.45) is 1.95. The number of carbonyl (C=O) groups is 1. The summed E-state index contributed by atoms with van der Waals surface area (Å²) in [7, 11) is 1.53. The molecular formula is C27H29FN2O4S. The number of benzene rings is 1. The number of fused-ring (bicyclic) bond motifs is 1. The van der Waals surface area contributed by atoms with Crippen LogP contribution in [0, 0.1) is 29.5 Å². The van der Waals surface area contributed by atoms with E-state index in [0.29, 0.717) is 42.6 Å². The van der Waals surface area contributed by atoms with Gasteiger partial charge >= 0.3 is 5.97 Å². The van der Waals surface area contributed by atoms with Crippen molar-refractivity contribution in [3.8, 4) is 17.6 Å². The molecule has 2 N–H and O–H groups in total. The Labute approximate surface area is 208 Å². The fourth-order valence-corrected chi connectivity index (χ4v) is 5.47. The smallest absolute Gasteiger partial charge is 0.303 e. The zero-order chi connectivity index (χ0) is 24.8. The summed E-state index contributed by atoms with van der Waals surface area (Å²) in [5.41, 5.74) is 0.798.